The van der Waals surface area contributed by atoms with Crippen LogP contribution in [0.15, 0.2) is 246 Å². The van der Waals surface area contributed by atoms with Gasteiger partial charge in [0, 0.05) is 41.9 Å². The second-order valence-electron chi connectivity index (χ2n) is 25.5. The van der Waals surface area contributed by atoms with Crippen LogP contribution in [-0.2, 0) is 9.47 Å². The number of phenolic OH excluding ortho intramolecular Hbond substituents is 4. The van der Waals surface area contributed by atoms with Crippen LogP contribution >= 0.6 is 31.9 Å². The highest BCUT2D eigenvalue weighted by atomic mass is 79.9. The van der Waals surface area contributed by atoms with Gasteiger partial charge >= 0.3 is 12.2 Å². The van der Waals surface area contributed by atoms with E-state index in [-0.39, 0.29) is 12.7 Å². The molecule has 17 nitrogen and oxygen atoms in total. The number of hydrogen-bond donors (Lipinski definition) is 11. The summed E-state index contributed by atoms with van der Waals surface area (Å²) in [6.45, 7) is 43.9. The van der Waals surface area contributed by atoms with Gasteiger partial charge in [0.05, 0.1) is 22.1 Å². The van der Waals surface area contributed by atoms with E-state index in [4.69, 9.17) is 61.1 Å². The molecule has 19 heteroatoms. The smallest absolute Gasteiger partial charge is 0.407 e. The molecule has 620 valence electrons. The largest absolute Gasteiger partial charge is 0.508 e. The van der Waals surface area contributed by atoms with Crippen LogP contribution in [0, 0.1) is 41.5 Å². The summed E-state index contributed by atoms with van der Waals surface area (Å²) >= 11 is 6.36. The summed E-state index contributed by atoms with van der Waals surface area (Å²) in [7, 11) is 0. The highest BCUT2D eigenvalue weighted by Crippen LogP contribution is 2.33. The van der Waals surface area contributed by atoms with Crippen LogP contribution in [0.25, 0.3) is 33.4 Å². The number of phenols is 4. The molecular weight excluding hydrogens is 1550 g/mol. The summed E-state index contributed by atoms with van der Waals surface area (Å²) in [6, 6.07) is 75.1. The number of ether oxygens (including phenoxy) is 4. The van der Waals surface area contributed by atoms with Crippen molar-refractivity contribution in [2.75, 3.05) is 46.0 Å². The Kier molecular flexibility index (Phi) is 61.6. The van der Waals surface area contributed by atoms with Gasteiger partial charge in [0.25, 0.3) is 0 Å². The molecule has 0 unspecified atom stereocenters. The number of carbonyl (C=O) groups is 2. The Balaban J connectivity index is -0.00000123. The number of aliphatic hydroxyl groups is 3. The lowest BCUT2D eigenvalue weighted by atomic mass is 10.0. The van der Waals surface area contributed by atoms with Crippen molar-refractivity contribution in [1.82, 2.24) is 10.6 Å². The molecule has 0 aromatic heterocycles. The third-order valence-electron chi connectivity index (χ3n) is 13.4. The summed E-state index contributed by atoms with van der Waals surface area (Å²) in [5.41, 5.74) is 22.9. The first-order chi connectivity index (χ1) is 53.8. The maximum Gasteiger partial charge on any atom is 0.407 e. The van der Waals surface area contributed by atoms with Gasteiger partial charge in [-0.25, -0.2) is 9.59 Å². The highest BCUT2D eigenvalue weighted by molar-refractivity contribution is 9.11. The lowest BCUT2D eigenvalue weighted by Crippen LogP contribution is -2.34. The number of carbonyl (C=O) groups excluding carboxylic acids is 2. The Hall–Kier alpha value is -9.70. The fourth-order valence-corrected chi connectivity index (χ4v) is 9.04. The van der Waals surface area contributed by atoms with Crippen molar-refractivity contribution in [3.8, 4) is 67.9 Å². The SMILES string of the molecule is CC.CC.CC.CC.CCCNC(=O)OC(C)(C)C.Cc1ccc(-c2ccccc2)c(O)c1.Cc1ccc(-c2ccccc2)c(OCCN)c1.Cc1ccc(-c2ccccc2)c(OCCNC(=O)OC(C)(C)C)c1.Cc1ccc(Br)c(O)c1.Cc1ccc(Br)c(O)c1.Cc1cccc(O)c1.NCCO.OC(O)c1ccccc1. The van der Waals surface area contributed by atoms with Gasteiger partial charge in [-0.1, -0.05) is 244 Å². The number of hydrogen-bond acceptors (Lipinski definition) is 15. The molecule has 0 saturated carbocycles. The number of aromatic hydroxyl groups is 4. The Morgan fingerprint density at radius 1 is 0.398 bits per heavy atom. The minimum absolute atomic E-state index is 0.0972. The number of nitrogens with one attached hydrogen (secondary N) is 2. The first kappa shape index (κ1) is 107. The molecule has 0 fully saturated rings. The van der Waals surface area contributed by atoms with Crippen LogP contribution in [0.5, 0.6) is 34.5 Å². The molecular formula is C94H132Br2N4O13. The number of halogens is 2. The predicted octanol–water partition coefficient (Wildman–Crippen LogP) is 23.2. The van der Waals surface area contributed by atoms with Gasteiger partial charge < -0.3 is 76.8 Å². The number of aryl methyl sites for hydroxylation is 6. The van der Waals surface area contributed by atoms with Crippen LogP contribution in [0.4, 0.5) is 9.59 Å². The molecule has 10 aromatic carbocycles. The van der Waals surface area contributed by atoms with E-state index in [9.17, 15) is 14.7 Å². The van der Waals surface area contributed by atoms with E-state index in [1.54, 1.807) is 54.6 Å². The third kappa shape index (κ3) is 53.0. The highest BCUT2D eigenvalue weighted by Gasteiger charge is 2.17. The maximum absolute atomic E-state index is 11.6. The average molecular weight is 1690 g/mol. The average Bonchev–Trinajstić information content (AvgIpc) is 0.840. The zero-order valence-corrected chi connectivity index (χ0v) is 73.9. The van der Waals surface area contributed by atoms with E-state index >= 15 is 0 Å². The fourth-order valence-electron chi connectivity index (χ4n) is 8.55. The summed E-state index contributed by atoms with van der Waals surface area (Å²) in [5, 5.41) is 66.9. The van der Waals surface area contributed by atoms with Gasteiger partial charge in [0.1, 0.15) is 58.9 Å². The van der Waals surface area contributed by atoms with E-state index in [1.165, 1.54) is 11.1 Å². The minimum Gasteiger partial charge on any atom is -0.508 e. The van der Waals surface area contributed by atoms with Crippen molar-refractivity contribution in [2.24, 2.45) is 11.5 Å². The van der Waals surface area contributed by atoms with Gasteiger partial charge in [0.2, 0.25) is 0 Å². The molecule has 10 aromatic rings. The van der Waals surface area contributed by atoms with E-state index in [2.05, 4.69) is 104 Å². The van der Waals surface area contributed by atoms with Crippen LogP contribution in [0.1, 0.15) is 156 Å². The lowest BCUT2D eigenvalue weighted by Gasteiger charge is -2.20. The second kappa shape index (κ2) is 64.8. The molecule has 0 saturated heterocycles. The fraction of sp³-hybridized carbons (Fsp3) is 0.340. The monoisotopic (exact) mass is 1680 g/mol. The van der Waals surface area contributed by atoms with Crippen LogP contribution in [0.2, 0.25) is 0 Å². The molecule has 0 aliphatic carbocycles. The number of amides is 2. The van der Waals surface area contributed by atoms with Gasteiger partial charge in [-0.3, -0.25) is 0 Å². The van der Waals surface area contributed by atoms with Crippen LogP contribution in [0.3, 0.4) is 0 Å². The van der Waals surface area contributed by atoms with Crippen molar-refractivity contribution in [2.45, 2.75) is 169 Å². The van der Waals surface area contributed by atoms with Gasteiger partial charge in [0.15, 0.2) is 6.29 Å². The van der Waals surface area contributed by atoms with Crippen molar-refractivity contribution in [1.29, 1.82) is 0 Å². The topological polar surface area (TPSA) is 289 Å². The normalized spacial score (nSPS) is 9.64. The zero-order chi connectivity index (χ0) is 86.3. The summed E-state index contributed by atoms with van der Waals surface area (Å²) in [4.78, 5) is 22.5. The number of alkyl carbamates (subject to hydrolysis) is 2. The van der Waals surface area contributed by atoms with Gasteiger partial charge in [-0.05, 0) is 226 Å². The van der Waals surface area contributed by atoms with Crippen LogP contribution < -0.4 is 31.6 Å². The molecule has 0 bridgehead atoms. The summed E-state index contributed by atoms with van der Waals surface area (Å²) < 4.78 is 23.3. The van der Waals surface area contributed by atoms with E-state index < -0.39 is 23.6 Å². The van der Waals surface area contributed by atoms with Crippen molar-refractivity contribution in [3.63, 3.8) is 0 Å². The third-order valence-corrected chi connectivity index (χ3v) is 14.8. The molecule has 0 atom stereocenters. The lowest BCUT2D eigenvalue weighted by molar-refractivity contribution is -0.0425. The molecule has 0 radical (unpaired) electrons. The van der Waals surface area contributed by atoms with E-state index in [0.29, 0.717) is 68.0 Å². The quantitative estimate of drug-likeness (QED) is 0.0356. The second-order valence-corrected chi connectivity index (χ2v) is 27.2. The number of benzene rings is 10. The Labute approximate surface area is 693 Å². The Morgan fingerprint density at radius 2 is 0.717 bits per heavy atom. The maximum atomic E-state index is 11.6. The van der Waals surface area contributed by atoms with Crippen molar-refractivity contribution in [3.05, 3.63) is 284 Å². The number of aliphatic hydroxyl groups excluding tert-OH is 2. The molecule has 0 spiro atoms. The molecule has 13 N–H and O–H groups in total. The molecule has 10 rings (SSSR count). The van der Waals surface area contributed by atoms with Gasteiger partial charge in [-0.15, -0.1) is 0 Å². The molecule has 0 aliphatic heterocycles. The van der Waals surface area contributed by atoms with Crippen molar-refractivity contribution >= 4 is 44.0 Å². The number of rotatable bonds is 14. The van der Waals surface area contributed by atoms with Crippen LogP contribution in [-0.4, -0.2) is 105 Å². The first-order valence-electron chi connectivity index (χ1n) is 38.2. The van der Waals surface area contributed by atoms with E-state index in [0.717, 1.165) is 82.5 Å². The Morgan fingerprint density at radius 3 is 1.01 bits per heavy atom. The zero-order valence-electron chi connectivity index (χ0n) is 70.7. The summed E-state index contributed by atoms with van der Waals surface area (Å²) in [5.74, 6) is 3.00. The standard InChI is InChI=1S/C20H25NO3.C15H17NO.C13H12O.C8H17NO2.2C7H7BrO.C7H8O2.C7H8O.C2H7NO.4C2H6/c1-15-10-11-17(16-8-6-5-7-9-16)18(14-15)23-13-12-21-19(22)24-20(2,3)4;1-12-7-8-14(13-5-3-2-4-6-13)15(11-12)17-10-9-16;1-10-7-8-12(13(14)9-10)11-5-3-2-4-6-11;1-5-6-9-7(10)11-8(2,3)4;2*1-5-2-3-6(8)7(9)4-5;8-7(9)6-4-2-1-3-5-6;1-6-3-2-4-7(8)5-6;3-1-2-4;4*1-2/h5-11,14H,12-13H2,1-4H3,(H,21,22);2-8,11H,9-10,16H2,1H3;2-9,14H,1H3;5-6H2,1-4H3,(H,9,10);2*2-4,9H,1H3;1-5,7-9H;2-5,8H,1H3;4H,1-3H2;4*1-2H3. The molecule has 0 heterocycles. The molecule has 0 aliphatic rings. The first-order valence-corrected chi connectivity index (χ1v) is 39.8. The molecule has 2 amide bonds. The predicted molar refractivity (Wildman–Crippen MR) is 479 cm³/mol. The Bertz CT molecular complexity index is 3980. The van der Waals surface area contributed by atoms with Crippen molar-refractivity contribution < 1.29 is 64.3 Å². The molecule has 113 heavy (non-hydrogen) atoms. The number of nitrogens with two attached hydrogens (primary N) is 2. The minimum atomic E-state index is -1.34. The van der Waals surface area contributed by atoms with E-state index in [1.807, 2.05) is 266 Å². The van der Waals surface area contributed by atoms with Gasteiger partial charge in [-0.2, -0.15) is 0 Å². The summed E-state index contributed by atoms with van der Waals surface area (Å²) in [6.07, 6.45) is -1.18.